The lowest BCUT2D eigenvalue weighted by Crippen LogP contribution is -1.99. The molecule has 0 spiro atoms. The molecule has 0 radical (unpaired) electrons. The van der Waals surface area contributed by atoms with Crippen molar-refractivity contribution in [1.29, 1.82) is 0 Å². The van der Waals surface area contributed by atoms with E-state index in [1.165, 1.54) is 0 Å². The maximum atomic E-state index is 10.3. The Bertz CT molecular complexity index is 123. The van der Waals surface area contributed by atoms with Crippen molar-refractivity contribution in [2.75, 3.05) is 0 Å². The van der Waals surface area contributed by atoms with Gasteiger partial charge in [0.05, 0.1) is 0 Å². The van der Waals surface area contributed by atoms with Gasteiger partial charge in [0.25, 0.3) is 0 Å². The van der Waals surface area contributed by atoms with E-state index >= 15 is 0 Å². The Morgan fingerprint density at radius 1 is 1.70 bits per heavy atom. The summed E-state index contributed by atoms with van der Waals surface area (Å²) in [7, 11) is 0. The maximum absolute atomic E-state index is 10.3. The van der Waals surface area contributed by atoms with E-state index in [1.54, 1.807) is 0 Å². The van der Waals surface area contributed by atoms with Gasteiger partial charge in [0.2, 0.25) is 5.24 Å². The highest BCUT2D eigenvalue weighted by atomic mass is 35.5. The molecule has 2 nitrogen and oxygen atoms in total. The summed E-state index contributed by atoms with van der Waals surface area (Å²) < 4.78 is 0. The molecule has 0 aliphatic heterocycles. The molecule has 0 aromatic heterocycles. The molecule has 0 aromatic carbocycles. The lowest BCUT2D eigenvalue weighted by Gasteiger charge is -2.03. The first-order valence-electron chi connectivity index (χ1n) is 3.28. The SMILES string of the molecule is CC(CCC=O)CC(=O)Cl. The summed E-state index contributed by atoms with van der Waals surface area (Å²) in [5.41, 5.74) is 0. The summed E-state index contributed by atoms with van der Waals surface area (Å²) in [5.74, 6) is 0.232. The van der Waals surface area contributed by atoms with E-state index in [4.69, 9.17) is 11.6 Å². The summed E-state index contributed by atoms with van der Waals surface area (Å²) in [6.45, 7) is 1.91. The third-order valence-corrected chi connectivity index (χ3v) is 1.44. The van der Waals surface area contributed by atoms with Crippen LogP contribution in [0.1, 0.15) is 26.2 Å². The van der Waals surface area contributed by atoms with Crippen LogP contribution in [-0.2, 0) is 9.59 Å². The number of halogens is 1. The van der Waals surface area contributed by atoms with Crippen molar-refractivity contribution in [3.63, 3.8) is 0 Å². The van der Waals surface area contributed by atoms with E-state index in [0.717, 1.165) is 12.7 Å². The smallest absolute Gasteiger partial charge is 0.221 e. The first-order valence-corrected chi connectivity index (χ1v) is 3.66. The minimum atomic E-state index is -0.321. The molecule has 0 saturated heterocycles. The minimum Gasteiger partial charge on any atom is -0.303 e. The molecule has 0 aromatic rings. The van der Waals surface area contributed by atoms with Gasteiger partial charge in [0.15, 0.2) is 0 Å². The molecule has 1 unspecified atom stereocenters. The number of carbonyl (C=O) groups is 2. The fourth-order valence-corrected chi connectivity index (χ4v) is 0.992. The second-order valence-corrected chi connectivity index (χ2v) is 2.83. The largest absolute Gasteiger partial charge is 0.303 e. The standard InChI is InChI=1S/C7H11ClO2/c1-6(3-2-4-9)5-7(8)10/h4,6H,2-3,5H2,1H3. The molecular weight excluding hydrogens is 152 g/mol. The summed E-state index contributed by atoms with van der Waals surface area (Å²) >= 11 is 5.12. The lowest BCUT2D eigenvalue weighted by atomic mass is 10.0. The second kappa shape index (κ2) is 5.42. The van der Waals surface area contributed by atoms with Crippen molar-refractivity contribution in [3.05, 3.63) is 0 Å². The molecule has 0 N–H and O–H groups in total. The van der Waals surface area contributed by atoms with Crippen LogP contribution in [0, 0.1) is 5.92 Å². The van der Waals surface area contributed by atoms with Gasteiger partial charge in [-0.1, -0.05) is 6.92 Å². The highest BCUT2D eigenvalue weighted by Crippen LogP contribution is 2.10. The van der Waals surface area contributed by atoms with Gasteiger partial charge in [-0.3, -0.25) is 4.79 Å². The zero-order valence-electron chi connectivity index (χ0n) is 5.97. The first kappa shape index (κ1) is 9.63. The monoisotopic (exact) mass is 162 g/mol. The van der Waals surface area contributed by atoms with Gasteiger partial charge in [0, 0.05) is 12.8 Å². The molecule has 0 saturated carbocycles. The van der Waals surface area contributed by atoms with Gasteiger partial charge in [-0.25, -0.2) is 0 Å². The van der Waals surface area contributed by atoms with Gasteiger partial charge in [0.1, 0.15) is 6.29 Å². The van der Waals surface area contributed by atoms with E-state index in [9.17, 15) is 9.59 Å². The van der Waals surface area contributed by atoms with Crippen molar-refractivity contribution in [2.45, 2.75) is 26.2 Å². The van der Waals surface area contributed by atoms with Crippen LogP contribution in [0.15, 0.2) is 0 Å². The summed E-state index contributed by atoms with van der Waals surface area (Å²) in [6.07, 6.45) is 2.50. The summed E-state index contributed by atoms with van der Waals surface area (Å²) in [4.78, 5) is 20.2. The molecule has 0 amide bonds. The molecule has 0 aliphatic rings. The average Bonchev–Trinajstić information content (AvgIpc) is 1.82. The van der Waals surface area contributed by atoms with Crippen molar-refractivity contribution in [3.8, 4) is 0 Å². The topological polar surface area (TPSA) is 34.1 Å². The third-order valence-electron chi connectivity index (χ3n) is 1.29. The van der Waals surface area contributed by atoms with Gasteiger partial charge < -0.3 is 4.79 Å². The van der Waals surface area contributed by atoms with Crippen molar-refractivity contribution < 1.29 is 9.59 Å². The van der Waals surface area contributed by atoms with Crippen LogP contribution in [0.2, 0.25) is 0 Å². The number of rotatable bonds is 5. The molecule has 3 heteroatoms. The number of aldehydes is 1. The molecule has 1 atom stereocenters. The van der Waals surface area contributed by atoms with E-state index in [1.807, 2.05) is 6.92 Å². The molecule has 58 valence electrons. The van der Waals surface area contributed by atoms with E-state index < -0.39 is 0 Å². The molecular formula is C7H11ClO2. The highest BCUT2D eigenvalue weighted by molar-refractivity contribution is 6.63. The number of hydrogen-bond acceptors (Lipinski definition) is 2. The first-order chi connectivity index (χ1) is 4.66. The Kier molecular flexibility index (Phi) is 5.22. The van der Waals surface area contributed by atoms with Gasteiger partial charge in [-0.15, -0.1) is 0 Å². The van der Waals surface area contributed by atoms with Crippen LogP contribution < -0.4 is 0 Å². The number of carbonyl (C=O) groups excluding carboxylic acids is 2. The molecule has 0 heterocycles. The Hall–Kier alpha value is -0.370. The Labute approximate surface area is 65.6 Å². The Balaban J connectivity index is 3.33. The molecule has 0 aliphatic carbocycles. The highest BCUT2D eigenvalue weighted by Gasteiger charge is 2.05. The number of hydrogen-bond donors (Lipinski definition) is 0. The molecule has 10 heavy (non-hydrogen) atoms. The van der Waals surface area contributed by atoms with Crippen molar-refractivity contribution >= 4 is 23.1 Å². The van der Waals surface area contributed by atoms with Gasteiger partial charge in [-0.2, -0.15) is 0 Å². The van der Waals surface area contributed by atoms with E-state index in [-0.39, 0.29) is 11.2 Å². The Morgan fingerprint density at radius 2 is 2.30 bits per heavy atom. The predicted molar refractivity (Wildman–Crippen MR) is 39.9 cm³/mol. The predicted octanol–water partition coefficient (Wildman–Crippen LogP) is 1.76. The fraction of sp³-hybridized carbons (Fsp3) is 0.714. The summed E-state index contributed by atoms with van der Waals surface area (Å²) in [6, 6.07) is 0. The van der Waals surface area contributed by atoms with Crippen LogP contribution in [0.5, 0.6) is 0 Å². The van der Waals surface area contributed by atoms with Crippen molar-refractivity contribution in [1.82, 2.24) is 0 Å². The van der Waals surface area contributed by atoms with Gasteiger partial charge in [-0.05, 0) is 23.9 Å². The second-order valence-electron chi connectivity index (χ2n) is 2.41. The van der Waals surface area contributed by atoms with Crippen LogP contribution in [0.25, 0.3) is 0 Å². The Morgan fingerprint density at radius 3 is 2.70 bits per heavy atom. The van der Waals surface area contributed by atoms with Crippen LogP contribution in [0.4, 0.5) is 0 Å². The summed E-state index contributed by atoms with van der Waals surface area (Å²) in [5, 5.41) is -0.321. The fourth-order valence-electron chi connectivity index (χ4n) is 0.729. The van der Waals surface area contributed by atoms with E-state index in [2.05, 4.69) is 0 Å². The van der Waals surface area contributed by atoms with Crippen molar-refractivity contribution in [2.24, 2.45) is 5.92 Å². The van der Waals surface area contributed by atoms with Crippen LogP contribution >= 0.6 is 11.6 Å². The average molecular weight is 163 g/mol. The molecule has 0 rings (SSSR count). The molecule has 0 bridgehead atoms. The maximum Gasteiger partial charge on any atom is 0.221 e. The lowest BCUT2D eigenvalue weighted by molar-refractivity contribution is -0.113. The van der Waals surface area contributed by atoms with Gasteiger partial charge >= 0.3 is 0 Å². The quantitative estimate of drug-likeness (QED) is 0.456. The normalized spacial score (nSPS) is 12.6. The zero-order chi connectivity index (χ0) is 7.98. The zero-order valence-corrected chi connectivity index (χ0v) is 6.73. The van der Waals surface area contributed by atoms with Crippen LogP contribution in [-0.4, -0.2) is 11.5 Å². The third kappa shape index (κ3) is 5.76. The van der Waals surface area contributed by atoms with E-state index in [0.29, 0.717) is 12.8 Å². The van der Waals surface area contributed by atoms with Crippen LogP contribution in [0.3, 0.4) is 0 Å². The molecule has 0 fully saturated rings. The minimum absolute atomic E-state index is 0.232.